The van der Waals surface area contributed by atoms with E-state index in [4.69, 9.17) is 0 Å². The molecular formula is C20H13N2O4S-. The van der Waals surface area contributed by atoms with E-state index < -0.39 is 10.1 Å². The maximum atomic E-state index is 12.5. The van der Waals surface area contributed by atoms with Crippen LogP contribution in [0.15, 0.2) is 87.9 Å². The van der Waals surface area contributed by atoms with Crippen molar-refractivity contribution in [2.45, 2.75) is 4.90 Å². The number of azo groups is 1. The van der Waals surface area contributed by atoms with Crippen molar-refractivity contribution >= 4 is 43.0 Å². The van der Waals surface area contributed by atoms with Gasteiger partial charge in [0.05, 0.1) is 5.69 Å². The number of fused-ring (bicyclic) bond motifs is 2. The van der Waals surface area contributed by atoms with Crippen molar-refractivity contribution in [3.05, 3.63) is 72.8 Å². The van der Waals surface area contributed by atoms with Crippen LogP contribution in [-0.4, -0.2) is 13.0 Å². The Morgan fingerprint density at radius 1 is 0.704 bits per heavy atom. The van der Waals surface area contributed by atoms with Crippen molar-refractivity contribution in [3.8, 4) is 5.75 Å². The van der Waals surface area contributed by atoms with E-state index in [9.17, 15) is 18.1 Å². The highest BCUT2D eigenvalue weighted by Crippen LogP contribution is 2.36. The molecule has 0 radical (unpaired) electrons. The summed E-state index contributed by atoms with van der Waals surface area (Å²) in [7, 11) is -4.54. The van der Waals surface area contributed by atoms with Gasteiger partial charge in [-0.25, -0.2) is 0 Å². The molecule has 1 N–H and O–H groups in total. The van der Waals surface area contributed by atoms with E-state index in [0.717, 1.165) is 5.39 Å². The minimum Gasteiger partial charge on any atom is -0.871 e. The summed E-state index contributed by atoms with van der Waals surface area (Å²) in [6, 6.07) is 20.2. The SMILES string of the molecule is O=S(=O)(O)c1c(N=Nc2ccc3ccccc3c2[O-])ccc2ccccc12. The van der Waals surface area contributed by atoms with E-state index in [0.29, 0.717) is 16.2 Å². The predicted octanol–water partition coefficient (Wildman–Crippen LogP) is 4.73. The van der Waals surface area contributed by atoms with Crippen LogP contribution in [0, 0.1) is 0 Å². The first-order valence-corrected chi connectivity index (χ1v) is 9.49. The topological polar surface area (TPSA) is 102 Å². The van der Waals surface area contributed by atoms with Crippen molar-refractivity contribution in [3.63, 3.8) is 0 Å². The largest absolute Gasteiger partial charge is 0.871 e. The molecule has 0 aromatic heterocycles. The van der Waals surface area contributed by atoms with Gasteiger partial charge in [0.2, 0.25) is 0 Å². The molecule has 0 heterocycles. The average Bonchev–Trinajstić information content (AvgIpc) is 2.66. The molecule has 0 aliphatic rings. The zero-order chi connectivity index (χ0) is 19.0. The Morgan fingerprint density at radius 3 is 1.89 bits per heavy atom. The number of nitrogens with zero attached hydrogens (tertiary/aromatic N) is 2. The normalized spacial score (nSPS) is 12.2. The van der Waals surface area contributed by atoms with E-state index in [-0.39, 0.29) is 22.0 Å². The molecule has 0 bridgehead atoms. The van der Waals surface area contributed by atoms with Crippen molar-refractivity contribution < 1.29 is 18.1 Å². The van der Waals surface area contributed by atoms with E-state index in [1.165, 1.54) is 12.1 Å². The van der Waals surface area contributed by atoms with Crippen LogP contribution in [0.5, 0.6) is 5.75 Å². The molecule has 4 aromatic carbocycles. The highest BCUT2D eigenvalue weighted by Gasteiger charge is 2.19. The van der Waals surface area contributed by atoms with Gasteiger partial charge in [0.25, 0.3) is 10.1 Å². The number of benzene rings is 4. The van der Waals surface area contributed by atoms with E-state index in [1.807, 2.05) is 12.1 Å². The molecule has 0 saturated carbocycles. The van der Waals surface area contributed by atoms with Gasteiger partial charge in [0.15, 0.2) is 0 Å². The van der Waals surface area contributed by atoms with Gasteiger partial charge in [0, 0.05) is 5.39 Å². The van der Waals surface area contributed by atoms with Crippen LogP contribution in [0.1, 0.15) is 0 Å². The summed E-state index contributed by atoms with van der Waals surface area (Å²) in [5.41, 5.74) is 0.0481. The second kappa shape index (κ2) is 6.46. The molecule has 0 aliphatic carbocycles. The van der Waals surface area contributed by atoms with Gasteiger partial charge >= 0.3 is 0 Å². The summed E-state index contributed by atoms with van der Waals surface area (Å²) in [5.74, 6) is -0.300. The zero-order valence-electron chi connectivity index (χ0n) is 13.9. The highest BCUT2D eigenvalue weighted by atomic mass is 32.2. The van der Waals surface area contributed by atoms with Gasteiger partial charge in [-0.05, 0) is 28.3 Å². The molecule has 4 aromatic rings. The Balaban J connectivity index is 1.88. The molecule has 27 heavy (non-hydrogen) atoms. The summed E-state index contributed by atoms with van der Waals surface area (Å²) < 4.78 is 33.5. The lowest BCUT2D eigenvalue weighted by Crippen LogP contribution is -1.99. The highest BCUT2D eigenvalue weighted by molar-refractivity contribution is 7.86. The average molecular weight is 377 g/mol. The van der Waals surface area contributed by atoms with Crippen LogP contribution in [0.4, 0.5) is 11.4 Å². The molecular weight excluding hydrogens is 364 g/mol. The predicted molar refractivity (Wildman–Crippen MR) is 101 cm³/mol. The molecule has 0 spiro atoms. The summed E-state index contributed by atoms with van der Waals surface area (Å²) >= 11 is 0. The first-order valence-electron chi connectivity index (χ1n) is 8.05. The van der Waals surface area contributed by atoms with Gasteiger partial charge in [-0.3, -0.25) is 4.55 Å². The lowest BCUT2D eigenvalue weighted by atomic mass is 10.1. The Morgan fingerprint density at radius 2 is 1.22 bits per heavy atom. The smallest absolute Gasteiger partial charge is 0.297 e. The van der Waals surface area contributed by atoms with Crippen LogP contribution >= 0.6 is 0 Å². The molecule has 4 rings (SSSR count). The molecule has 0 saturated heterocycles. The third kappa shape index (κ3) is 3.14. The number of hydrogen-bond donors (Lipinski definition) is 1. The molecule has 0 atom stereocenters. The van der Waals surface area contributed by atoms with E-state index >= 15 is 0 Å². The fourth-order valence-corrected chi connectivity index (χ4v) is 3.84. The van der Waals surface area contributed by atoms with Crippen LogP contribution in [0.3, 0.4) is 0 Å². The van der Waals surface area contributed by atoms with Crippen molar-refractivity contribution in [2.75, 3.05) is 0 Å². The monoisotopic (exact) mass is 377 g/mol. The zero-order valence-corrected chi connectivity index (χ0v) is 14.7. The minimum atomic E-state index is -4.54. The van der Waals surface area contributed by atoms with Crippen LogP contribution in [-0.2, 0) is 10.1 Å². The standard InChI is InChI=1S/C20H14N2O4S/c23-19-15-7-3-1-5-13(15)9-11-17(19)21-22-18-12-10-14-6-2-4-8-16(14)20(18)27(24,25)26/h1-12,23H,(H,24,25,26)/p-1. The van der Waals surface area contributed by atoms with Crippen LogP contribution in [0.2, 0.25) is 0 Å². The maximum Gasteiger partial charge on any atom is 0.297 e. The fraction of sp³-hybridized carbons (Fsp3) is 0. The molecule has 134 valence electrons. The summed E-state index contributed by atoms with van der Waals surface area (Å²) in [5, 5.41) is 22.7. The quantitative estimate of drug-likeness (QED) is 0.412. The Bertz CT molecular complexity index is 1310. The van der Waals surface area contributed by atoms with Crippen LogP contribution < -0.4 is 5.11 Å². The van der Waals surface area contributed by atoms with Gasteiger partial charge in [0.1, 0.15) is 10.6 Å². The molecule has 0 unspecified atom stereocenters. The lowest BCUT2D eigenvalue weighted by molar-refractivity contribution is -0.264. The first-order chi connectivity index (χ1) is 12.9. The molecule has 0 aliphatic heterocycles. The van der Waals surface area contributed by atoms with Crippen LogP contribution in [0.25, 0.3) is 21.5 Å². The first kappa shape index (κ1) is 17.1. The number of hydrogen-bond acceptors (Lipinski definition) is 5. The maximum absolute atomic E-state index is 12.5. The number of rotatable bonds is 3. The van der Waals surface area contributed by atoms with Gasteiger partial charge in [-0.2, -0.15) is 13.5 Å². The molecule has 0 amide bonds. The van der Waals surface area contributed by atoms with Gasteiger partial charge in [-0.15, -0.1) is 5.11 Å². The van der Waals surface area contributed by atoms with Gasteiger partial charge < -0.3 is 5.11 Å². The van der Waals surface area contributed by atoms with E-state index in [1.54, 1.807) is 48.5 Å². The molecule has 6 nitrogen and oxygen atoms in total. The lowest BCUT2D eigenvalue weighted by Gasteiger charge is -2.13. The summed E-state index contributed by atoms with van der Waals surface area (Å²) in [6.07, 6.45) is 0. The Labute approximate surface area is 155 Å². The Hall–Kier alpha value is -3.29. The Kier molecular flexibility index (Phi) is 4.10. The third-order valence-corrected chi connectivity index (χ3v) is 5.19. The third-order valence-electron chi connectivity index (χ3n) is 4.24. The van der Waals surface area contributed by atoms with Gasteiger partial charge in [-0.1, -0.05) is 66.4 Å². The van der Waals surface area contributed by atoms with Crippen molar-refractivity contribution in [1.82, 2.24) is 0 Å². The summed E-state index contributed by atoms with van der Waals surface area (Å²) in [6.45, 7) is 0. The second-order valence-corrected chi connectivity index (χ2v) is 7.30. The molecule has 0 fully saturated rings. The second-order valence-electron chi connectivity index (χ2n) is 5.94. The molecule has 7 heteroatoms. The van der Waals surface area contributed by atoms with Crippen molar-refractivity contribution in [1.29, 1.82) is 0 Å². The fourth-order valence-electron chi connectivity index (χ4n) is 3.00. The van der Waals surface area contributed by atoms with Crippen molar-refractivity contribution in [2.24, 2.45) is 10.2 Å². The van der Waals surface area contributed by atoms with E-state index in [2.05, 4.69) is 10.2 Å². The summed E-state index contributed by atoms with van der Waals surface area (Å²) in [4.78, 5) is -0.336. The minimum absolute atomic E-state index is 0.0382.